The number of rotatable bonds is 7. The molecule has 1 fully saturated rings. The Balaban J connectivity index is 1.48. The molecule has 4 rings (SSSR count). The summed E-state index contributed by atoms with van der Waals surface area (Å²) in [4.78, 5) is 4.25. The van der Waals surface area contributed by atoms with Crippen LogP contribution in [0.25, 0.3) is 0 Å². The highest BCUT2D eigenvalue weighted by molar-refractivity contribution is 6.61. The first-order chi connectivity index (χ1) is 13.5. The number of fused-ring (bicyclic) bond motifs is 1. The van der Waals surface area contributed by atoms with Gasteiger partial charge in [-0.3, -0.25) is 0 Å². The van der Waals surface area contributed by atoms with Crippen molar-refractivity contribution >= 4 is 24.2 Å². The molecule has 1 aromatic heterocycles. The molecule has 0 bridgehead atoms. The number of aromatic nitrogens is 1. The third kappa shape index (κ3) is 4.08. The molecule has 1 aliphatic carbocycles. The van der Waals surface area contributed by atoms with Crippen LogP contribution in [0.2, 0.25) is 5.02 Å². The molecule has 2 aromatic rings. The van der Waals surface area contributed by atoms with Crippen molar-refractivity contribution in [3.8, 4) is 23.6 Å². The summed E-state index contributed by atoms with van der Waals surface area (Å²) in [5, 5.41) is 29.1. The molecule has 2 aliphatic rings. The van der Waals surface area contributed by atoms with E-state index in [1.54, 1.807) is 18.2 Å². The Labute approximate surface area is 167 Å². The Morgan fingerprint density at radius 3 is 2.89 bits per heavy atom. The number of hydrogen-bond acceptors (Lipinski definition) is 7. The van der Waals surface area contributed by atoms with Crippen LogP contribution in [0.1, 0.15) is 36.8 Å². The average Bonchev–Trinajstić information content (AvgIpc) is 3.31. The topological polar surface area (TPSA) is 105 Å². The van der Waals surface area contributed by atoms with Crippen LogP contribution in [0.4, 0.5) is 0 Å². The van der Waals surface area contributed by atoms with Crippen molar-refractivity contribution in [2.75, 3.05) is 6.61 Å². The van der Waals surface area contributed by atoms with E-state index in [4.69, 9.17) is 25.7 Å². The van der Waals surface area contributed by atoms with Gasteiger partial charge in [0.1, 0.15) is 22.4 Å². The van der Waals surface area contributed by atoms with Crippen molar-refractivity contribution in [1.29, 1.82) is 5.26 Å². The lowest BCUT2D eigenvalue weighted by molar-refractivity contribution is 0.129. The molecule has 28 heavy (non-hydrogen) atoms. The average molecular weight is 401 g/mol. The number of pyridine rings is 1. The van der Waals surface area contributed by atoms with Gasteiger partial charge < -0.3 is 24.3 Å². The SMILES string of the molecule is N#Cc1cc(Cl)c(Oc2ccc3c(c2)COB3O)nc1OCCCC1(O)CC1. The van der Waals surface area contributed by atoms with Crippen LogP contribution >= 0.6 is 11.6 Å². The third-order valence-electron chi connectivity index (χ3n) is 4.87. The molecule has 0 spiro atoms. The Kier molecular flexibility index (Phi) is 5.17. The molecule has 2 heterocycles. The summed E-state index contributed by atoms with van der Waals surface area (Å²) in [7, 11) is -0.922. The van der Waals surface area contributed by atoms with Gasteiger partial charge in [-0.1, -0.05) is 17.7 Å². The van der Waals surface area contributed by atoms with Gasteiger partial charge in [-0.15, -0.1) is 0 Å². The smallest absolute Gasteiger partial charge is 0.477 e. The molecule has 144 valence electrons. The van der Waals surface area contributed by atoms with Crippen LogP contribution in [-0.4, -0.2) is 34.4 Å². The van der Waals surface area contributed by atoms with Gasteiger partial charge in [0.2, 0.25) is 11.8 Å². The highest BCUT2D eigenvalue weighted by Gasteiger charge is 2.39. The number of aliphatic hydroxyl groups is 1. The molecule has 9 heteroatoms. The highest BCUT2D eigenvalue weighted by Crippen LogP contribution is 2.39. The molecule has 0 saturated heterocycles. The Morgan fingerprint density at radius 2 is 2.14 bits per heavy atom. The molecule has 0 amide bonds. The summed E-state index contributed by atoms with van der Waals surface area (Å²) in [5.41, 5.74) is 1.21. The van der Waals surface area contributed by atoms with Crippen molar-refractivity contribution < 1.29 is 24.3 Å². The highest BCUT2D eigenvalue weighted by atomic mass is 35.5. The molecular formula is C19H18BClN2O5. The van der Waals surface area contributed by atoms with Gasteiger partial charge in [0.25, 0.3) is 0 Å². The fourth-order valence-corrected chi connectivity index (χ4v) is 3.25. The van der Waals surface area contributed by atoms with E-state index in [1.807, 2.05) is 6.07 Å². The van der Waals surface area contributed by atoms with E-state index < -0.39 is 12.7 Å². The summed E-state index contributed by atoms with van der Waals surface area (Å²) < 4.78 is 16.6. The van der Waals surface area contributed by atoms with Gasteiger partial charge in [0.05, 0.1) is 18.8 Å². The van der Waals surface area contributed by atoms with E-state index in [-0.39, 0.29) is 22.3 Å². The van der Waals surface area contributed by atoms with Crippen LogP contribution in [0.3, 0.4) is 0 Å². The van der Waals surface area contributed by atoms with E-state index in [9.17, 15) is 15.4 Å². The van der Waals surface area contributed by atoms with Gasteiger partial charge in [-0.2, -0.15) is 10.2 Å². The second-order valence-corrected chi connectivity index (χ2v) is 7.45. The zero-order valence-corrected chi connectivity index (χ0v) is 15.8. The van der Waals surface area contributed by atoms with Crippen molar-refractivity contribution in [2.24, 2.45) is 0 Å². The lowest BCUT2D eigenvalue weighted by atomic mass is 9.80. The molecule has 0 atom stereocenters. The van der Waals surface area contributed by atoms with Crippen LogP contribution in [-0.2, 0) is 11.3 Å². The van der Waals surface area contributed by atoms with Gasteiger partial charge >= 0.3 is 7.12 Å². The number of nitrogens with zero attached hydrogens (tertiary/aromatic N) is 2. The van der Waals surface area contributed by atoms with E-state index in [1.165, 1.54) is 6.07 Å². The number of benzene rings is 1. The molecular weight excluding hydrogens is 382 g/mol. The molecule has 0 unspecified atom stereocenters. The summed E-state index contributed by atoms with van der Waals surface area (Å²) in [6.07, 6.45) is 2.98. The summed E-state index contributed by atoms with van der Waals surface area (Å²) in [6.45, 7) is 0.627. The second kappa shape index (κ2) is 7.61. The summed E-state index contributed by atoms with van der Waals surface area (Å²) in [5.74, 6) is 0.748. The second-order valence-electron chi connectivity index (χ2n) is 7.04. The largest absolute Gasteiger partial charge is 0.491 e. The molecule has 1 aromatic carbocycles. The maximum Gasteiger partial charge on any atom is 0.491 e. The lowest BCUT2D eigenvalue weighted by Crippen LogP contribution is -2.27. The lowest BCUT2D eigenvalue weighted by Gasteiger charge is -2.12. The molecule has 2 N–H and O–H groups in total. The van der Waals surface area contributed by atoms with Crippen LogP contribution in [0.5, 0.6) is 17.5 Å². The number of ether oxygens (including phenoxy) is 2. The maximum absolute atomic E-state index is 9.87. The van der Waals surface area contributed by atoms with Gasteiger partial charge in [0.15, 0.2) is 0 Å². The first kappa shape index (κ1) is 19.0. The van der Waals surface area contributed by atoms with E-state index in [2.05, 4.69) is 4.98 Å². The summed E-state index contributed by atoms with van der Waals surface area (Å²) >= 11 is 6.21. The first-order valence-corrected chi connectivity index (χ1v) is 9.41. The minimum atomic E-state index is -0.922. The number of halogens is 1. The van der Waals surface area contributed by atoms with Crippen molar-refractivity contribution in [3.63, 3.8) is 0 Å². The predicted molar refractivity (Wildman–Crippen MR) is 102 cm³/mol. The standard InChI is InChI=1S/C19H18BClN2O5/c21-16-9-12(10-22)17(26-7-1-4-19(24)5-6-19)23-18(16)28-14-2-3-15-13(8-14)11-27-20(15)25/h2-3,8-9,24-25H,1,4-7,11H2. The van der Waals surface area contributed by atoms with Crippen LogP contribution < -0.4 is 14.9 Å². The van der Waals surface area contributed by atoms with Crippen LogP contribution in [0, 0.1) is 11.3 Å². The monoisotopic (exact) mass is 400 g/mol. The van der Waals surface area contributed by atoms with E-state index >= 15 is 0 Å². The quantitative estimate of drug-likeness (QED) is 0.543. The Bertz CT molecular complexity index is 945. The molecule has 7 nitrogen and oxygen atoms in total. The normalized spacial score (nSPS) is 16.4. The van der Waals surface area contributed by atoms with E-state index in [0.29, 0.717) is 37.3 Å². The minimum Gasteiger partial charge on any atom is -0.477 e. The van der Waals surface area contributed by atoms with Crippen molar-refractivity contribution in [3.05, 3.63) is 40.4 Å². The predicted octanol–water partition coefficient (Wildman–Crippen LogP) is 2.30. The number of hydrogen-bond donors (Lipinski definition) is 2. The fraction of sp³-hybridized carbons (Fsp3) is 0.368. The van der Waals surface area contributed by atoms with Gasteiger partial charge in [0, 0.05) is 0 Å². The minimum absolute atomic E-state index is 0.121. The third-order valence-corrected chi connectivity index (χ3v) is 5.14. The zero-order valence-electron chi connectivity index (χ0n) is 15.0. The summed E-state index contributed by atoms with van der Waals surface area (Å²) in [6, 6.07) is 8.62. The van der Waals surface area contributed by atoms with Crippen molar-refractivity contribution in [2.45, 2.75) is 37.9 Å². The zero-order chi connectivity index (χ0) is 19.7. The first-order valence-electron chi connectivity index (χ1n) is 9.04. The van der Waals surface area contributed by atoms with Crippen LogP contribution in [0.15, 0.2) is 24.3 Å². The fourth-order valence-electron chi connectivity index (χ4n) is 3.06. The molecule has 1 saturated carbocycles. The molecule has 0 radical (unpaired) electrons. The Morgan fingerprint density at radius 1 is 1.32 bits per heavy atom. The Hall–Kier alpha value is -2.31. The maximum atomic E-state index is 9.87. The van der Waals surface area contributed by atoms with Gasteiger partial charge in [-0.05, 0) is 54.9 Å². The van der Waals surface area contributed by atoms with Gasteiger partial charge in [-0.25, -0.2) is 0 Å². The van der Waals surface area contributed by atoms with Crippen molar-refractivity contribution in [1.82, 2.24) is 4.98 Å². The van der Waals surface area contributed by atoms with E-state index in [0.717, 1.165) is 18.4 Å². The number of nitriles is 1. The molecule has 1 aliphatic heterocycles.